The molecule has 1 saturated heterocycles. The van der Waals surface area contributed by atoms with Gasteiger partial charge in [0.05, 0.1) is 25.7 Å². The van der Waals surface area contributed by atoms with Crippen LogP contribution < -0.4 is 5.73 Å². The highest BCUT2D eigenvalue weighted by atomic mass is 16.5. The summed E-state index contributed by atoms with van der Waals surface area (Å²) in [6, 6.07) is 0. The predicted octanol–water partition coefficient (Wildman–Crippen LogP) is -0.0288. The molecule has 1 rings (SSSR count). The Morgan fingerprint density at radius 2 is 2.12 bits per heavy atom. The summed E-state index contributed by atoms with van der Waals surface area (Å²) in [5.74, 6) is -0.305. The number of carbonyl (C=O) groups excluding carboxylic acids is 1. The summed E-state index contributed by atoms with van der Waals surface area (Å²) in [4.78, 5) is 13.0. The summed E-state index contributed by atoms with van der Waals surface area (Å²) in [7, 11) is 0. The van der Waals surface area contributed by atoms with Crippen LogP contribution >= 0.6 is 0 Å². The van der Waals surface area contributed by atoms with E-state index in [1.54, 1.807) is 0 Å². The van der Waals surface area contributed by atoms with E-state index in [-0.39, 0.29) is 12.3 Å². The summed E-state index contributed by atoms with van der Waals surface area (Å²) in [5.41, 5.74) is 5.06. The number of ether oxygens (including phenoxy) is 1. The monoisotopic (exact) mass is 244 g/mol. The molecule has 2 atom stereocenters. The van der Waals surface area contributed by atoms with Crippen molar-refractivity contribution < 1.29 is 14.6 Å². The second-order valence-corrected chi connectivity index (χ2v) is 4.81. The standard InChI is InChI=1S/C12H24N2O3/c1-10(11(15)9-12(13)16)3-2-4-14-5-7-17-8-6-14/h10-11,15H,2-9H2,1H3,(H2,13,16)/t10-,11+/m1/s1. The number of morpholine rings is 1. The number of nitrogens with zero attached hydrogens (tertiary/aromatic N) is 1. The van der Waals surface area contributed by atoms with Crippen LogP contribution in [0.3, 0.4) is 0 Å². The van der Waals surface area contributed by atoms with E-state index in [9.17, 15) is 9.90 Å². The number of primary amides is 1. The lowest BCUT2D eigenvalue weighted by Crippen LogP contribution is -2.37. The van der Waals surface area contributed by atoms with Crippen LogP contribution in [0.4, 0.5) is 0 Å². The Morgan fingerprint density at radius 3 is 2.71 bits per heavy atom. The van der Waals surface area contributed by atoms with E-state index in [0.29, 0.717) is 0 Å². The molecule has 1 aliphatic heterocycles. The first-order valence-electron chi connectivity index (χ1n) is 6.36. The van der Waals surface area contributed by atoms with Crippen LogP contribution in [0.2, 0.25) is 0 Å². The number of carbonyl (C=O) groups is 1. The molecule has 17 heavy (non-hydrogen) atoms. The van der Waals surface area contributed by atoms with Gasteiger partial charge < -0.3 is 15.6 Å². The fourth-order valence-electron chi connectivity index (χ4n) is 2.06. The van der Waals surface area contributed by atoms with E-state index in [1.807, 2.05) is 6.92 Å². The maximum atomic E-state index is 10.7. The van der Waals surface area contributed by atoms with Gasteiger partial charge in [-0.15, -0.1) is 0 Å². The van der Waals surface area contributed by atoms with Crippen molar-refractivity contribution in [2.24, 2.45) is 11.7 Å². The van der Waals surface area contributed by atoms with Crippen LogP contribution in [0, 0.1) is 5.92 Å². The molecule has 100 valence electrons. The molecule has 0 aliphatic carbocycles. The molecule has 1 heterocycles. The Morgan fingerprint density at radius 1 is 1.47 bits per heavy atom. The number of hydrogen-bond acceptors (Lipinski definition) is 4. The fraction of sp³-hybridized carbons (Fsp3) is 0.917. The van der Waals surface area contributed by atoms with E-state index < -0.39 is 12.0 Å². The second-order valence-electron chi connectivity index (χ2n) is 4.81. The van der Waals surface area contributed by atoms with Crippen LogP contribution in [0.5, 0.6) is 0 Å². The van der Waals surface area contributed by atoms with E-state index in [2.05, 4.69) is 4.90 Å². The first-order chi connectivity index (χ1) is 8.09. The van der Waals surface area contributed by atoms with Gasteiger partial charge in [0.25, 0.3) is 0 Å². The van der Waals surface area contributed by atoms with Gasteiger partial charge in [0.2, 0.25) is 5.91 Å². The smallest absolute Gasteiger partial charge is 0.220 e. The topological polar surface area (TPSA) is 75.8 Å². The van der Waals surface area contributed by atoms with Crippen molar-refractivity contribution in [2.45, 2.75) is 32.3 Å². The van der Waals surface area contributed by atoms with Gasteiger partial charge in [0.1, 0.15) is 0 Å². The lowest BCUT2D eigenvalue weighted by Gasteiger charge is -2.27. The molecule has 0 aromatic carbocycles. The average molecular weight is 244 g/mol. The molecule has 0 radical (unpaired) electrons. The maximum Gasteiger partial charge on any atom is 0.220 e. The quantitative estimate of drug-likeness (QED) is 0.659. The third-order valence-electron chi connectivity index (χ3n) is 3.30. The number of nitrogens with two attached hydrogens (primary N) is 1. The molecule has 5 heteroatoms. The molecule has 0 bridgehead atoms. The number of aliphatic hydroxyl groups is 1. The molecular weight excluding hydrogens is 220 g/mol. The first-order valence-corrected chi connectivity index (χ1v) is 6.36. The Hall–Kier alpha value is -0.650. The third kappa shape index (κ3) is 6.00. The van der Waals surface area contributed by atoms with Crippen molar-refractivity contribution in [1.29, 1.82) is 0 Å². The van der Waals surface area contributed by atoms with E-state index >= 15 is 0 Å². The largest absolute Gasteiger partial charge is 0.392 e. The van der Waals surface area contributed by atoms with Gasteiger partial charge in [0, 0.05) is 13.1 Å². The van der Waals surface area contributed by atoms with E-state index in [0.717, 1.165) is 45.7 Å². The molecular formula is C12H24N2O3. The van der Waals surface area contributed by atoms with Gasteiger partial charge in [0.15, 0.2) is 0 Å². The number of aliphatic hydroxyl groups excluding tert-OH is 1. The highest BCUT2D eigenvalue weighted by molar-refractivity contribution is 5.74. The van der Waals surface area contributed by atoms with Crippen LogP contribution in [0.25, 0.3) is 0 Å². The molecule has 0 spiro atoms. The van der Waals surface area contributed by atoms with Crippen molar-refractivity contribution >= 4 is 5.91 Å². The zero-order valence-corrected chi connectivity index (χ0v) is 10.6. The van der Waals surface area contributed by atoms with Gasteiger partial charge in [-0.1, -0.05) is 6.92 Å². The minimum absolute atomic E-state index is 0.0682. The Bertz CT molecular complexity index is 230. The lowest BCUT2D eigenvalue weighted by atomic mass is 9.96. The highest BCUT2D eigenvalue weighted by Crippen LogP contribution is 2.14. The maximum absolute atomic E-state index is 10.7. The average Bonchev–Trinajstić information content (AvgIpc) is 2.29. The van der Waals surface area contributed by atoms with Crippen molar-refractivity contribution in [3.8, 4) is 0 Å². The van der Waals surface area contributed by atoms with Crippen LogP contribution in [-0.4, -0.2) is 54.9 Å². The fourth-order valence-corrected chi connectivity index (χ4v) is 2.06. The normalized spacial score (nSPS) is 21.1. The number of hydrogen-bond donors (Lipinski definition) is 2. The minimum Gasteiger partial charge on any atom is -0.392 e. The van der Waals surface area contributed by atoms with Crippen LogP contribution in [-0.2, 0) is 9.53 Å². The molecule has 1 aliphatic rings. The SMILES string of the molecule is C[C@H](CCCN1CCOCC1)[C@@H](O)CC(N)=O. The van der Waals surface area contributed by atoms with E-state index in [1.165, 1.54) is 0 Å². The van der Waals surface area contributed by atoms with Crippen molar-refractivity contribution in [3.05, 3.63) is 0 Å². The van der Waals surface area contributed by atoms with Gasteiger partial charge in [-0.05, 0) is 25.3 Å². The molecule has 0 aromatic rings. The zero-order valence-electron chi connectivity index (χ0n) is 10.6. The summed E-state index contributed by atoms with van der Waals surface area (Å²) in [6.45, 7) is 6.64. The first kappa shape index (κ1) is 14.4. The Kier molecular flexibility index (Phi) is 6.47. The number of rotatable bonds is 7. The van der Waals surface area contributed by atoms with Gasteiger partial charge in [-0.2, -0.15) is 0 Å². The molecule has 0 saturated carbocycles. The summed E-state index contributed by atoms with van der Waals surface area (Å²) in [6.07, 6.45) is 1.43. The molecule has 0 aromatic heterocycles. The Labute approximate surface area is 103 Å². The summed E-state index contributed by atoms with van der Waals surface area (Å²) >= 11 is 0. The van der Waals surface area contributed by atoms with Crippen molar-refractivity contribution in [3.63, 3.8) is 0 Å². The second kappa shape index (κ2) is 7.63. The summed E-state index contributed by atoms with van der Waals surface area (Å²) in [5, 5.41) is 9.69. The van der Waals surface area contributed by atoms with E-state index in [4.69, 9.17) is 10.5 Å². The van der Waals surface area contributed by atoms with Crippen LogP contribution in [0.15, 0.2) is 0 Å². The molecule has 1 amide bonds. The lowest BCUT2D eigenvalue weighted by molar-refractivity contribution is -0.120. The van der Waals surface area contributed by atoms with Crippen LogP contribution in [0.1, 0.15) is 26.2 Å². The van der Waals surface area contributed by atoms with Crippen molar-refractivity contribution in [1.82, 2.24) is 4.90 Å². The zero-order chi connectivity index (χ0) is 12.7. The predicted molar refractivity (Wildman–Crippen MR) is 65.5 cm³/mol. The third-order valence-corrected chi connectivity index (χ3v) is 3.30. The molecule has 3 N–H and O–H groups in total. The summed E-state index contributed by atoms with van der Waals surface area (Å²) < 4.78 is 5.28. The number of amides is 1. The molecule has 1 fully saturated rings. The van der Waals surface area contributed by atoms with Gasteiger partial charge >= 0.3 is 0 Å². The molecule has 0 unspecified atom stereocenters. The molecule has 5 nitrogen and oxygen atoms in total. The van der Waals surface area contributed by atoms with Crippen molar-refractivity contribution in [2.75, 3.05) is 32.8 Å². The highest BCUT2D eigenvalue weighted by Gasteiger charge is 2.17. The Balaban J connectivity index is 2.10. The van der Waals surface area contributed by atoms with Gasteiger partial charge in [-0.3, -0.25) is 9.69 Å². The van der Waals surface area contributed by atoms with Gasteiger partial charge in [-0.25, -0.2) is 0 Å². The minimum atomic E-state index is -0.600.